The first-order valence-corrected chi connectivity index (χ1v) is 3.94. The number of aliphatic hydroxyl groups is 1. The first kappa shape index (κ1) is 9.88. The maximum absolute atomic E-state index is 12.4. The van der Waals surface area contributed by atoms with E-state index >= 15 is 0 Å². The van der Waals surface area contributed by atoms with Crippen LogP contribution in [-0.2, 0) is 0 Å². The van der Waals surface area contributed by atoms with Crippen molar-refractivity contribution in [3.05, 3.63) is 24.1 Å². The predicted molar refractivity (Wildman–Crippen MR) is 47.7 cm³/mol. The van der Waals surface area contributed by atoms with E-state index in [1.54, 1.807) is 0 Å². The zero-order valence-electron chi connectivity index (χ0n) is 7.07. The van der Waals surface area contributed by atoms with E-state index in [0.717, 1.165) is 6.20 Å². The van der Waals surface area contributed by atoms with Gasteiger partial charge < -0.3 is 16.2 Å². The summed E-state index contributed by atoms with van der Waals surface area (Å²) >= 11 is 0. The number of hydrogen-bond donors (Lipinski definition) is 3. The Kier molecular flexibility index (Phi) is 3.60. The van der Waals surface area contributed by atoms with E-state index in [0.29, 0.717) is 12.4 Å². The van der Waals surface area contributed by atoms with Crippen LogP contribution in [0.4, 0.5) is 10.2 Å². The van der Waals surface area contributed by atoms with Gasteiger partial charge in [-0.1, -0.05) is 0 Å². The lowest BCUT2D eigenvalue weighted by atomic mass is 10.3. The second-order valence-corrected chi connectivity index (χ2v) is 2.69. The van der Waals surface area contributed by atoms with E-state index in [4.69, 9.17) is 10.8 Å². The van der Waals surface area contributed by atoms with Crippen LogP contribution >= 0.6 is 0 Å². The van der Waals surface area contributed by atoms with Gasteiger partial charge in [-0.05, 0) is 12.1 Å². The van der Waals surface area contributed by atoms with Crippen LogP contribution in [0.5, 0.6) is 0 Å². The van der Waals surface area contributed by atoms with Crippen molar-refractivity contribution in [3.8, 4) is 0 Å². The number of rotatable bonds is 4. The van der Waals surface area contributed by atoms with Crippen LogP contribution in [0.3, 0.4) is 0 Å². The average molecular weight is 185 g/mol. The molecule has 1 aromatic heterocycles. The molecule has 0 bridgehead atoms. The van der Waals surface area contributed by atoms with E-state index in [1.807, 2.05) is 0 Å². The maximum atomic E-state index is 12.4. The second kappa shape index (κ2) is 4.74. The van der Waals surface area contributed by atoms with Gasteiger partial charge in [0.05, 0.1) is 12.8 Å². The van der Waals surface area contributed by atoms with Crippen LogP contribution < -0.4 is 11.1 Å². The highest BCUT2D eigenvalue weighted by Crippen LogP contribution is 2.02. The molecule has 1 rings (SSSR count). The summed E-state index contributed by atoms with van der Waals surface area (Å²) in [4.78, 5) is 3.76. The van der Waals surface area contributed by atoms with Gasteiger partial charge in [-0.15, -0.1) is 0 Å². The van der Waals surface area contributed by atoms with Gasteiger partial charge >= 0.3 is 0 Å². The first-order chi connectivity index (χ1) is 6.22. The molecule has 0 aliphatic rings. The number of hydrogen-bond acceptors (Lipinski definition) is 4. The van der Waals surface area contributed by atoms with Crippen molar-refractivity contribution < 1.29 is 9.50 Å². The van der Waals surface area contributed by atoms with Crippen LogP contribution in [0.1, 0.15) is 0 Å². The van der Waals surface area contributed by atoms with Gasteiger partial charge in [0.1, 0.15) is 11.6 Å². The Morgan fingerprint density at radius 2 is 2.38 bits per heavy atom. The fraction of sp³-hybridized carbons (Fsp3) is 0.375. The van der Waals surface area contributed by atoms with Crippen molar-refractivity contribution in [2.45, 2.75) is 6.04 Å². The highest BCUT2D eigenvalue weighted by molar-refractivity contribution is 5.33. The molecule has 0 fully saturated rings. The largest absolute Gasteiger partial charge is 0.395 e. The standard InChI is InChI=1S/C8H12FN3O/c9-6-1-2-8(11-3-6)12-4-7(10)5-13/h1-3,7,13H,4-5,10H2,(H,11,12). The third kappa shape index (κ3) is 3.35. The molecule has 0 aromatic carbocycles. The molecular weight excluding hydrogens is 173 g/mol. The van der Waals surface area contributed by atoms with Crippen molar-refractivity contribution in [1.29, 1.82) is 0 Å². The Morgan fingerprint density at radius 1 is 1.62 bits per heavy atom. The lowest BCUT2D eigenvalue weighted by Gasteiger charge is -2.09. The molecule has 1 aromatic rings. The van der Waals surface area contributed by atoms with E-state index in [2.05, 4.69) is 10.3 Å². The zero-order chi connectivity index (χ0) is 9.68. The Hall–Kier alpha value is -1.20. The van der Waals surface area contributed by atoms with E-state index in [9.17, 15) is 4.39 Å². The monoisotopic (exact) mass is 185 g/mol. The van der Waals surface area contributed by atoms with Crippen LogP contribution in [0, 0.1) is 5.82 Å². The van der Waals surface area contributed by atoms with Crippen LogP contribution in [0.2, 0.25) is 0 Å². The molecule has 1 atom stereocenters. The third-order valence-corrected chi connectivity index (χ3v) is 1.51. The Bertz CT molecular complexity index is 252. The molecule has 72 valence electrons. The van der Waals surface area contributed by atoms with Crippen LogP contribution in [0.25, 0.3) is 0 Å². The summed E-state index contributed by atoms with van der Waals surface area (Å²) in [7, 11) is 0. The number of anilines is 1. The maximum Gasteiger partial charge on any atom is 0.141 e. The quantitative estimate of drug-likeness (QED) is 0.615. The predicted octanol–water partition coefficient (Wildman–Crippen LogP) is -0.0478. The fourth-order valence-corrected chi connectivity index (χ4v) is 0.781. The van der Waals surface area contributed by atoms with Crippen LogP contribution in [-0.4, -0.2) is 29.3 Å². The minimum Gasteiger partial charge on any atom is -0.395 e. The van der Waals surface area contributed by atoms with Crippen molar-refractivity contribution in [2.75, 3.05) is 18.5 Å². The summed E-state index contributed by atoms with van der Waals surface area (Å²) < 4.78 is 12.4. The molecule has 5 heteroatoms. The average Bonchev–Trinajstić information content (AvgIpc) is 2.16. The summed E-state index contributed by atoms with van der Waals surface area (Å²) in [6.07, 6.45) is 1.12. The zero-order valence-corrected chi connectivity index (χ0v) is 7.07. The van der Waals surface area contributed by atoms with Gasteiger partial charge in [0.2, 0.25) is 0 Å². The Morgan fingerprint density at radius 3 is 2.92 bits per heavy atom. The number of nitrogens with one attached hydrogen (secondary N) is 1. The molecule has 0 aliphatic carbocycles. The summed E-state index contributed by atoms with van der Waals surface area (Å²) in [5.74, 6) is 0.169. The SMILES string of the molecule is NC(CO)CNc1ccc(F)cn1. The lowest BCUT2D eigenvalue weighted by molar-refractivity contribution is 0.270. The van der Waals surface area contributed by atoms with Gasteiger partial charge in [-0.25, -0.2) is 9.37 Å². The molecule has 4 nitrogen and oxygen atoms in total. The number of aromatic nitrogens is 1. The molecule has 0 amide bonds. The number of pyridine rings is 1. The summed E-state index contributed by atoms with van der Waals surface area (Å²) in [5, 5.41) is 11.5. The molecule has 4 N–H and O–H groups in total. The minimum absolute atomic E-state index is 0.0891. The molecule has 0 saturated carbocycles. The second-order valence-electron chi connectivity index (χ2n) is 2.69. The van der Waals surface area contributed by atoms with Gasteiger partial charge in [0, 0.05) is 12.6 Å². The van der Waals surface area contributed by atoms with E-state index < -0.39 is 0 Å². The molecular formula is C8H12FN3O. The van der Waals surface area contributed by atoms with Crippen molar-refractivity contribution in [2.24, 2.45) is 5.73 Å². The Balaban J connectivity index is 2.41. The highest BCUT2D eigenvalue weighted by Gasteiger charge is 2.00. The molecule has 1 heterocycles. The van der Waals surface area contributed by atoms with Gasteiger partial charge in [0.15, 0.2) is 0 Å². The fourth-order valence-electron chi connectivity index (χ4n) is 0.781. The Labute approximate surface area is 75.6 Å². The minimum atomic E-state index is -0.378. The first-order valence-electron chi connectivity index (χ1n) is 3.94. The molecule has 1 unspecified atom stereocenters. The van der Waals surface area contributed by atoms with Gasteiger partial charge in [-0.2, -0.15) is 0 Å². The lowest BCUT2D eigenvalue weighted by Crippen LogP contribution is -2.32. The van der Waals surface area contributed by atoms with Crippen molar-refractivity contribution in [3.63, 3.8) is 0 Å². The number of halogens is 1. The summed E-state index contributed by atoms with van der Waals surface area (Å²) in [6.45, 7) is 0.323. The van der Waals surface area contributed by atoms with E-state index in [-0.39, 0.29) is 18.5 Å². The van der Waals surface area contributed by atoms with Gasteiger partial charge in [-0.3, -0.25) is 0 Å². The highest BCUT2D eigenvalue weighted by atomic mass is 19.1. The number of aliphatic hydroxyl groups excluding tert-OH is 1. The number of nitrogens with two attached hydrogens (primary N) is 1. The molecule has 0 radical (unpaired) electrons. The van der Waals surface area contributed by atoms with Crippen molar-refractivity contribution in [1.82, 2.24) is 4.98 Å². The molecule has 13 heavy (non-hydrogen) atoms. The molecule has 0 aliphatic heterocycles. The summed E-state index contributed by atoms with van der Waals surface area (Å²) in [5.41, 5.74) is 5.44. The van der Waals surface area contributed by atoms with E-state index in [1.165, 1.54) is 12.1 Å². The summed E-state index contributed by atoms with van der Waals surface area (Å²) in [6, 6.07) is 2.49. The number of nitrogens with zero attached hydrogens (tertiary/aromatic N) is 1. The van der Waals surface area contributed by atoms with Gasteiger partial charge in [0.25, 0.3) is 0 Å². The molecule has 0 spiro atoms. The normalized spacial score (nSPS) is 12.5. The van der Waals surface area contributed by atoms with Crippen molar-refractivity contribution >= 4 is 5.82 Å². The molecule has 0 saturated heterocycles. The van der Waals surface area contributed by atoms with Crippen LogP contribution in [0.15, 0.2) is 18.3 Å². The third-order valence-electron chi connectivity index (χ3n) is 1.51. The smallest absolute Gasteiger partial charge is 0.141 e. The topological polar surface area (TPSA) is 71.2 Å².